The molecular weight excluding hydrogens is 390 g/mol. The highest BCUT2D eigenvalue weighted by atomic mass is 19.1. The van der Waals surface area contributed by atoms with Crippen LogP contribution in [0.15, 0.2) is 48.8 Å². The molecule has 0 atom stereocenters. The smallest absolute Gasteiger partial charge is 0.261 e. The van der Waals surface area contributed by atoms with E-state index in [2.05, 4.69) is 15.6 Å². The number of nitrogen functional groups attached to an aromatic ring is 1. The van der Waals surface area contributed by atoms with Gasteiger partial charge in [0.1, 0.15) is 17.2 Å². The van der Waals surface area contributed by atoms with E-state index in [-0.39, 0.29) is 22.6 Å². The molecule has 3 aromatic rings. The van der Waals surface area contributed by atoms with Gasteiger partial charge in [-0.3, -0.25) is 15.2 Å². The molecule has 0 aliphatic heterocycles. The number of halogens is 2. The Balaban J connectivity index is 1.95. The van der Waals surface area contributed by atoms with Crippen LogP contribution in [-0.2, 0) is 0 Å². The van der Waals surface area contributed by atoms with Crippen LogP contribution in [-0.4, -0.2) is 29.9 Å². The van der Waals surface area contributed by atoms with E-state index >= 15 is 0 Å². The molecule has 3 rings (SSSR count). The number of anilines is 3. The SMILES string of the molecule is CNc1cc(F)c(C(=O)Nc2ccc(N)c(C(=N)c3cccnc3)c2)c(F)c1C=N. The molecule has 1 amide bonds. The van der Waals surface area contributed by atoms with Crippen molar-refractivity contribution in [2.75, 3.05) is 23.4 Å². The van der Waals surface area contributed by atoms with Crippen LogP contribution in [0.2, 0.25) is 0 Å². The summed E-state index contributed by atoms with van der Waals surface area (Å²) in [6, 6.07) is 8.70. The first-order chi connectivity index (χ1) is 14.4. The predicted octanol–water partition coefficient (Wildman–Crippen LogP) is 3.65. The fourth-order valence-corrected chi connectivity index (χ4v) is 2.90. The third-order valence-corrected chi connectivity index (χ3v) is 4.43. The molecule has 0 radical (unpaired) electrons. The van der Waals surface area contributed by atoms with Crippen LogP contribution < -0.4 is 16.4 Å². The van der Waals surface area contributed by atoms with E-state index in [9.17, 15) is 13.6 Å². The Bertz CT molecular complexity index is 1150. The molecule has 0 aliphatic carbocycles. The average molecular weight is 408 g/mol. The number of nitrogens with zero attached hydrogens (tertiary/aromatic N) is 1. The van der Waals surface area contributed by atoms with E-state index in [0.717, 1.165) is 6.07 Å². The van der Waals surface area contributed by atoms with Gasteiger partial charge in [0.05, 0.1) is 11.3 Å². The molecule has 7 nitrogen and oxygen atoms in total. The number of carbonyl (C=O) groups excluding carboxylic acids is 1. The Kier molecular flexibility index (Phi) is 5.82. The largest absolute Gasteiger partial charge is 0.398 e. The summed E-state index contributed by atoms with van der Waals surface area (Å²) in [4.78, 5) is 16.5. The second-order valence-corrected chi connectivity index (χ2v) is 6.28. The Labute approximate surface area is 171 Å². The fourth-order valence-electron chi connectivity index (χ4n) is 2.90. The van der Waals surface area contributed by atoms with Crippen molar-refractivity contribution in [3.05, 3.63) is 82.7 Å². The maximum atomic E-state index is 14.7. The van der Waals surface area contributed by atoms with Crippen LogP contribution >= 0.6 is 0 Å². The van der Waals surface area contributed by atoms with Gasteiger partial charge in [-0.15, -0.1) is 0 Å². The Morgan fingerprint density at radius 1 is 1.23 bits per heavy atom. The van der Waals surface area contributed by atoms with Crippen molar-refractivity contribution in [2.24, 2.45) is 0 Å². The van der Waals surface area contributed by atoms with Gasteiger partial charge in [-0.1, -0.05) is 0 Å². The Morgan fingerprint density at radius 3 is 2.63 bits per heavy atom. The molecule has 152 valence electrons. The maximum absolute atomic E-state index is 14.7. The summed E-state index contributed by atoms with van der Waals surface area (Å²) in [5.41, 5.74) is 6.39. The molecule has 30 heavy (non-hydrogen) atoms. The lowest BCUT2D eigenvalue weighted by Crippen LogP contribution is -2.18. The van der Waals surface area contributed by atoms with Crippen LogP contribution in [0.4, 0.5) is 25.8 Å². The van der Waals surface area contributed by atoms with Crippen molar-refractivity contribution in [3.63, 3.8) is 0 Å². The third-order valence-electron chi connectivity index (χ3n) is 4.43. The second-order valence-electron chi connectivity index (χ2n) is 6.28. The quantitative estimate of drug-likeness (QED) is 0.315. The molecule has 0 bridgehead atoms. The second kappa shape index (κ2) is 8.48. The summed E-state index contributed by atoms with van der Waals surface area (Å²) >= 11 is 0. The normalized spacial score (nSPS) is 10.4. The van der Waals surface area contributed by atoms with Crippen LogP contribution in [0.25, 0.3) is 0 Å². The number of hydrogen-bond donors (Lipinski definition) is 5. The van der Waals surface area contributed by atoms with Crippen molar-refractivity contribution >= 4 is 34.9 Å². The molecule has 9 heteroatoms. The molecule has 0 fully saturated rings. The summed E-state index contributed by atoms with van der Waals surface area (Å²) in [6.45, 7) is 0. The van der Waals surface area contributed by atoms with E-state index in [0.29, 0.717) is 23.0 Å². The highest BCUT2D eigenvalue weighted by molar-refractivity contribution is 6.15. The minimum atomic E-state index is -1.15. The highest BCUT2D eigenvalue weighted by Crippen LogP contribution is 2.26. The number of nitrogens with one attached hydrogen (secondary N) is 4. The van der Waals surface area contributed by atoms with Gasteiger partial charge in [0.2, 0.25) is 0 Å². The topological polar surface area (TPSA) is 128 Å². The lowest BCUT2D eigenvalue weighted by molar-refractivity contribution is 0.101. The molecule has 0 spiro atoms. The number of aromatic nitrogens is 1. The van der Waals surface area contributed by atoms with Gasteiger partial charge in [-0.25, -0.2) is 8.78 Å². The summed E-state index contributed by atoms with van der Waals surface area (Å²) in [5.74, 6) is -3.25. The number of benzene rings is 2. The number of hydrogen-bond acceptors (Lipinski definition) is 6. The monoisotopic (exact) mass is 408 g/mol. The standard InChI is InChI=1S/C21H18F2N6O/c1-27-17-8-15(22)18(19(23)14(17)9-24)21(30)29-12-4-5-16(25)13(7-12)20(26)11-3-2-6-28-10-11/h2-10,24,26-27H,25H2,1H3,(H,29,30). The van der Waals surface area contributed by atoms with Gasteiger partial charge in [0, 0.05) is 53.8 Å². The molecule has 1 heterocycles. The van der Waals surface area contributed by atoms with E-state index in [4.69, 9.17) is 16.6 Å². The average Bonchev–Trinajstić information content (AvgIpc) is 2.74. The fraction of sp³-hybridized carbons (Fsp3) is 0.0476. The van der Waals surface area contributed by atoms with Crippen LogP contribution in [0.3, 0.4) is 0 Å². The highest BCUT2D eigenvalue weighted by Gasteiger charge is 2.23. The van der Waals surface area contributed by atoms with Gasteiger partial charge < -0.3 is 21.8 Å². The minimum absolute atomic E-state index is 0.0521. The van der Waals surface area contributed by atoms with Crippen LogP contribution in [0.5, 0.6) is 0 Å². The number of pyridine rings is 1. The molecule has 0 saturated carbocycles. The third kappa shape index (κ3) is 3.86. The van der Waals surface area contributed by atoms with Gasteiger partial charge >= 0.3 is 0 Å². The zero-order chi connectivity index (χ0) is 21.8. The van der Waals surface area contributed by atoms with Crippen molar-refractivity contribution in [1.29, 1.82) is 10.8 Å². The number of carbonyl (C=O) groups is 1. The van der Waals surface area contributed by atoms with Crippen LogP contribution in [0, 0.1) is 22.5 Å². The van der Waals surface area contributed by atoms with Gasteiger partial charge in [-0.05, 0) is 36.4 Å². The Hall–Kier alpha value is -4.14. The zero-order valence-corrected chi connectivity index (χ0v) is 15.9. The molecule has 1 aromatic heterocycles. The first-order valence-corrected chi connectivity index (χ1v) is 8.77. The van der Waals surface area contributed by atoms with Gasteiger partial charge in [0.15, 0.2) is 0 Å². The molecular formula is C21H18F2N6O. The first kappa shape index (κ1) is 20.6. The van der Waals surface area contributed by atoms with Gasteiger partial charge in [0.25, 0.3) is 5.91 Å². The minimum Gasteiger partial charge on any atom is -0.398 e. The lowest BCUT2D eigenvalue weighted by atomic mass is 10.0. The van der Waals surface area contributed by atoms with Crippen molar-refractivity contribution < 1.29 is 13.6 Å². The number of rotatable bonds is 6. The van der Waals surface area contributed by atoms with E-state index < -0.39 is 23.1 Å². The van der Waals surface area contributed by atoms with E-state index in [1.807, 2.05) is 0 Å². The van der Waals surface area contributed by atoms with Crippen LogP contribution in [0.1, 0.15) is 27.0 Å². The number of amides is 1. The van der Waals surface area contributed by atoms with Crippen molar-refractivity contribution in [1.82, 2.24) is 4.98 Å². The summed E-state index contributed by atoms with van der Waals surface area (Å²) in [6.07, 6.45) is 3.77. The van der Waals surface area contributed by atoms with Crippen molar-refractivity contribution in [2.45, 2.75) is 0 Å². The summed E-state index contributed by atoms with van der Waals surface area (Å²) in [5, 5.41) is 20.7. The molecule has 0 unspecified atom stereocenters. The lowest BCUT2D eigenvalue weighted by Gasteiger charge is -2.14. The predicted molar refractivity (Wildman–Crippen MR) is 113 cm³/mol. The molecule has 2 aromatic carbocycles. The summed E-state index contributed by atoms with van der Waals surface area (Å²) < 4.78 is 29.1. The zero-order valence-electron chi connectivity index (χ0n) is 15.9. The summed E-state index contributed by atoms with van der Waals surface area (Å²) in [7, 11) is 1.45. The Morgan fingerprint density at radius 2 is 2.00 bits per heavy atom. The van der Waals surface area contributed by atoms with E-state index in [1.54, 1.807) is 18.3 Å². The number of nitrogens with two attached hydrogens (primary N) is 1. The molecule has 0 aliphatic rings. The molecule has 6 N–H and O–H groups in total. The van der Waals surface area contributed by atoms with Crippen molar-refractivity contribution in [3.8, 4) is 0 Å². The first-order valence-electron chi connectivity index (χ1n) is 8.77. The van der Waals surface area contributed by atoms with Gasteiger partial charge in [-0.2, -0.15) is 0 Å². The van der Waals surface area contributed by atoms with E-state index in [1.165, 1.54) is 31.4 Å². The molecule has 0 saturated heterocycles. The maximum Gasteiger partial charge on any atom is 0.261 e.